The number of aryl methyl sites for hydroxylation is 1. The lowest BCUT2D eigenvalue weighted by Crippen LogP contribution is -2.08. The Morgan fingerprint density at radius 2 is 1.69 bits per heavy atom. The van der Waals surface area contributed by atoms with Gasteiger partial charge in [0.05, 0.1) is 4.90 Å². The van der Waals surface area contributed by atoms with Crippen LogP contribution in [0.5, 0.6) is 5.75 Å². The third-order valence-electron chi connectivity index (χ3n) is 3.93. The van der Waals surface area contributed by atoms with E-state index in [1.165, 1.54) is 36.4 Å². The number of rotatable bonds is 4. The van der Waals surface area contributed by atoms with Crippen LogP contribution in [0.3, 0.4) is 0 Å². The van der Waals surface area contributed by atoms with Crippen molar-refractivity contribution < 1.29 is 22.4 Å². The molecule has 5 nitrogen and oxygen atoms in total. The van der Waals surface area contributed by atoms with Gasteiger partial charge in [-0.15, -0.1) is 0 Å². The summed E-state index contributed by atoms with van der Waals surface area (Å²) in [5.74, 6) is -0.566. The van der Waals surface area contributed by atoms with Gasteiger partial charge in [-0.1, -0.05) is 23.7 Å². The molecule has 7 heteroatoms. The molecule has 0 aliphatic heterocycles. The number of halogens is 1. The molecule has 1 heterocycles. The molecule has 0 amide bonds. The zero-order valence-corrected chi connectivity index (χ0v) is 15.6. The van der Waals surface area contributed by atoms with Crippen LogP contribution in [-0.2, 0) is 9.84 Å². The van der Waals surface area contributed by atoms with Gasteiger partial charge in [-0.25, -0.2) is 13.2 Å². The summed E-state index contributed by atoms with van der Waals surface area (Å²) in [7, 11) is -3.89. The van der Waals surface area contributed by atoms with Crippen LogP contribution in [0.2, 0.25) is 5.02 Å². The number of sulfone groups is 1. The van der Waals surface area contributed by atoms with E-state index in [1.807, 2.05) is 19.9 Å². The second-order valence-electron chi connectivity index (χ2n) is 5.66. The fraction of sp³-hybridized carbons (Fsp3) is 0.105. The van der Waals surface area contributed by atoms with E-state index in [0.717, 1.165) is 11.1 Å². The molecule has 0 radical (unpaired) electrons. The third kappa shape index (κ3) is 3.52. The number of hydrogen-bond donors (Lipinski definition) is 0. The van der Waals surface area contributed by atoms with Gasteiger partial charge in [-0.05, 0) is 67.4 Å². The van der Waals surface area contributed by atoms with Crippen molar-refractivity contribution in [1.82, 2.24) is 0 Å². The quantitative estimate of drug-likeness (QED) is 0.480. The summed E-state index contributed by atoms with van der Waals surface area (Å²) in [5, 5.41) is 0.0777. The standard InChI is InChI=1S/C19H15ClO5S/c1-12-4-3-5-16(13(12)2)25-19(21)17-10-11-18(24-17)26(22,23)15-8-6-14(20)7-9-15/h3-11H,1-2H3. The normalized spacial score (nSPS) is 11.3. The number of carbonyl (C=O) groups is 1. The lowest BCUT2D eigenvalue weighted by Gasteiger charge is -2.07. The Hall–Kier alpha value is -2.57. The topological polar surface area (TPSA) is 73.6 Å². The fourth-order valence-electron chi connectivity index (χ4n) is 2.29. The number of ether oxygens (including phenoxy) is 1. The van der Waals surface area contributed by atoms with Crippen LogP contribution in [0.4, 0.5) is 0 Å². The van der Waals surface area contributed by atoms with Gasteiger partial charge in [-0.3, -0.25) is 0 Å². The van der Waals surface area contributed by atoms with Crippen molar-refractivity contribution in [3.05, 3.63) is 76.5 Å². The first kappa shape index (κ1) is 18.2. The van der Waals surface area contributed by atoms with Crippen LogP contribution in [0.1, 0.15) is 21.7 Å². The Morgan fingerprint density at radius 3 is 2.38 bits per heavy atom. The van der Waals surface area contributed by atoms with Crippen molar-refractivity contribution >= 4 is 27.4 Å². The lowest BCUT2D eigenvalue weighted by molar-refractivity contribution is 0.0694. The molecule has 0 atom stereocenters. The minimum atomic E-state index is -3.89. The largest absolute Gasteiger partial charge is 0.437 e. The molecule has 0 aliphatic rings. The first-order valence-electron chi connectivity index (χ1n) is 7.68. The number of esters is 1. The van der Waals surface area contributed by atoms with Gasteiger partial charge in [0.2, 0.25) is 20.7 Å². The molecule has 26 heavy (non-hydrogen) atoms. The van der Waals surface area contributed by atoms with E-state index in [4.69, 9.17) is 20.8 Å². The van der Waals surface area contributed by atoms with Gasteiger partial charge in [0.1, 0.15) is 5.75 Å². The number of furan rings is 1. The maximum Gasteiger partial charge on any atom is 0.379 e. The molecule has 0 saturated heterocycles. The van der Waals surface area contributed by atoms with Gasteiger partial charge >= 0.3 is 5.97 Å². The van der Waals surface area contributed by atoms with Crippen molar-refractivity contribution in [2.45, 2.75) is 23.8 Å². The number of hydrogen-bond acceptors (Lipinski definition) is 5. The van der Waals surface area contributed by atoms with Crippen molar-refractivity contribution in [3.63, 3.8) is 0 Å². The molecule has 0 unspecified atom stereocenters. The van der Waals surface area contributed by atoms with Crippen LogP contribution >= 0.6 is 11.6 Å². The smallest absolute Gasteiger partial charge is 0.379 e. The Bertz CT molecular complexity index is 1070. The summed E-state index contributed by atoms with van der Waals surface area (Å²) in [6.45, 7) is 3.73. The summed E-state index contributed by atoms with van der Waals surface area (Å²) in [6.07, 6.45) is 0. The van der Waals surface area contributed by atoms with E-state index < -0.39 is 15.8 Å². The van der Waals surface area contributed by atoms with E-state index in [1.54, 1.807) is 12.1 Å². The predicted molar refractivity (Wildman–Crippen MR) is 96.5 cm³/mol. The Kier molecular flexibility index (Phi) is 4.89. The second-order valence-corrected chi connectivity index (χ2v) is 7.98. The third-order valence-corrected chi connectivity index (χ3v) is 5.82. The maximum absolute atomic E-state index is 12.5. The Labute approximate surface area is 156 Å². The van der Waals surface area contributed by atoms with Crippen LogP contribution in [0.15, 0.2) is 69.0 Å². The molecule has 0 bridgehead atoms. The molecular formula is C19H15ClO5S. The van der Waals surface area contributed by atoms with E-state index >= 15 is 0 Å². The SMILES string of the molecule is Cc1cccc(OC(=O)c2ccc(S(=O)(=O)c3ccc(Cl)cc3)o2)c1C. The lowest BCUT2D eigenvalue weighted by atomic mass is 10.1. The molecule has 0 aliphatic carbocycles. The highest BCUT2D eigenvalue weighted by molar-refractivity contribution is 7.91. The van der Waals surface area contributed by atoms with Crippen LogP contribution in [0, 0.1) is 13.8 Å². The van der Waals surface area contributed by atoms with Crippen LogP contribution in [0.25, 0.3) is 0 Å². The van der Waals surface area contributed by atoms with Gasteiger partial charge in [0.15, 0.2) is 0 Å². The minimum absolute atomic E-state index is 0.0192. The van der Waals surface area contributed by atoms with Crippen LogP contribution < -0.4 is 4.74 Å². The van der Waals surface area contributed by atoms with Crippen molar-refractivity contribution in [2.24, 2.45) is 0 Å². The zero-order valence-electron chi connectivity index (χ0n) is 14.0. The molecule has 3 rings (SSSR count). The van der Waals surface area contributed by atoms with E-state index in [-0.39, 0.29) is 15.7 Å². The fourth-order valence-corrected chi connectivity index (χ4v) is 3.59. The molecule has 0 spiro atoms. The minimum Gasteiger partial charge on any atom is -0.437 e. The summed E-state index contributed by atoms with van der Waals surface area (Å²) >= 11 is 5.77. The Balaban J connectivity index is 1.86. The summed E-state index contributed by atoms with van der Waals surface area (Å²) < 4.78 is 35.7. The first-order chi connectivity index (χ1) is 12.3. The van der Waals surface area contributed by atoms with Crippen molar-refractivity contribution in [3.8, 4) is 5.75 Å². The van der Waals surface area contributed by atoms with Crippen LogP contribution in [-0.4, -0.2) is 14.4 Å². The van der Waals surface area contributed by atoms with Gasteiger partial charge in [0, 0.05) is 5.02 Å². The first-order valence-corrected chi connectivity index (χ1v) is 9.54. The van der Waals surface area contributed by atoms with Gasteiger partial charge < -0.3 is 9.15 Å². The molecular weight excluding hydrogens is 376 g/mol. The Morgan fingerprint density at radius 1 is 1.00 bits per heavy atom. The van der Waals surface area contributed by atoms with E-state index in [0.29, 0.717) is 10.8 Å². The highest BCUT2D eigenvalue weighted by Gasteiger charge is 2.24. The average Bonchev–Trinajstić information content (AvgIpc) is 3.10. The highest BCUT2D eigenvalue weighted by atomic mass is 35.5. The zero-order chi connectivity index (χ0) is 18.9. The number of benzene rings is 2. The molecule has 0 fully saturated rings. The molecule has 1 aromatic heterocycles. The predicted octanol–water partition coefficient (Wildman–Crippen LogP) is 4.60. The van der Waals surface area contributed by atoms with Crippen molar-refractivity contribution in [1.29, 1.82) is 0 Å². The van der Waals surface area contributed by atoms with Gasteiger partial charge in [0.25, 0.3) is 0 Å². The van der Waals surface area contributed by atoms with Gasteiger partial charge in [-0.2, -0.15) is 0 Å². The molecule has 2 aromatic carbocycles. The van der Waals surface area contributed by atoms with E-state index in [9.17, 15) is 13.2 Å². The molecule has 0 saturated carbocycles. The van der Waals surface area contributed by atoms with Crippen molar-refractivity contribution in [2.75, 3.05) is 0 Å². The molecule has 134 valence electrons. The highest BCUT2D eigenvalue weighted by Crippen LogP contribution is 2.26. The summed E-state index contributed by atoms with van der Waals surface area (Å²) in [4.78, 5) is 12.3. The summed E-state index contributed by atoms with van der Waals surface area (Å²) in [5.41, 5.74) is 1.79. The van der Waals surface area contributed by atoms with E-state index in [2.05, 4.69) is 0 Å². The molecule has 0 N–H and O–H groups in total. The monoisotopic (exact) mass is 390 g/mol. The number of carbonyl (C=O) groups excluding carboxylic acids is 1. The average molecular weight is 391 g/mol. The molecule has 3 aromatic rings. The maximum atomic E-state index is 12.5. The second kappa shape index (κ2) is 6.97. The summed E-state index contributed by atoms with van der Waals surface area (Å²) in [6, 6.07) is 13.5.